The molecule has 1 saturated carbocycles. The van der Waals surface area contributed by atoms with Crippen LogP contribution in [0.3, 0.4) is 0 Å². The Labute approximate surface area is 133 Å². The van der Waals surface area contributed by atoms with Crippen molar-refractivity contribution in [3.63, 3.8) is 0 Å². The highest BCUT2D eigenvalue weighted by Crippen LogP contribution is 2.46. The first-order chi connectivity index (χ1) is 11.1. The lowest BCUT2D eigenvalue weighted by Crippen LogP contribution is -2.21. The highest BCUT2D eigenvalue weighted by atomic mass is 16.4. The molecular formula is C17H16N4O2. The molecular weight excluding hydrogens is 292 g/mol. The fourth-order valence-corrected chi connectivity index (χ4v) is 3.37. The number of fused-ring (bicyclic) bond motifs is 1. The molecule has 2 unspecified atom stereocenters. The quantitative estimate of drug-likeness (QED) is 0.933. The Morgan fingerprint density at radius 3 is 2.83 bits per heavy atom. The van der Waals surface area contributed by atoms with E-state index < -0.39 is 5.97 Å². The van der Waals surface area contributed by atoms with Gasteiger partial charge in [0.15, 0.2) is 5.69 Å². The van der Waals surface area contributed by atoms with E-state index in [2.05, 4.69) is 22.0 Å². The maximum absolute atomic E-state index is 10.9. The van der Waals surface area contributed by atoms with E-state index >= 15 is 0 Å². The van der Waals surface area contributed by atoms with Crippen LogP contribution in [-0.4, -0.2) is 33.7 Å². The third-order valence-corrected chi connectivity index (χ3v) is 4.76. The second-order valence-electron chi connectivity index (χ2n) is 6.35. The number of aromatic nitrogens is 2. The summed E-state index contributed by atoms with van der Waals surface area (Å²) in [5, 5.41) is 18.3. The second kappa shape index (κ2) is 5.13. The standard InChI is InChI=1S/C17H16N4O2/c18-5-12-4-15(21-7-13-3-14(13)8-21)2-1-11(12)6-20-9-16(17(22)23)19-10-20/h1-2,4,9-10,13-14H,3,6-8H2,(H,22,23). The molecule has 2 aromatic rings. The molecule has 6 nitrogen and oxygen atoms in total. The second-order valence-corrected chi connectivity index (χ2v) is 6.35. The number of imidazole rings is 1. The Balaban J connectivity index is 1.56. The van der Waals surface area contributed by atoms with Crippen LogP contribution in [0.5, 0.6) is 0 Å². The third-order valence-electron chi connectivity index (χ3n) is 4.76. The molecule has 2 atom stereocenters. The summed E-state index contributed by atoms with van der Waals surface area (Å²) in [6, 6.07) is 8.20. The summed E-state index contributed by atoms with van der Waals surface area (Å²) >= 11 is 0. The number of hydrogen-bond donors (Lipinski definition) is 1. The minimum Gasteiger partial charge on any atom is -0.476 e. The normalized spacial score (nSPS) is 21.8. The Morgan fingerprint density at radius 2 is 2.17 bits per heavy atom. The van der Waals surface area contributed by atoms with Gasteiger partial charge in [-0.1, -0.05) is 6.07 Å². The Kier molecular flexibility index (Phi) is 3.08. The summed E-state index contributed by atoms with van der Waals surface area (Å²) < 4.78 is 1.68. The minimum atomic E-state index is -1.05. The van der Waals surface area contributed by atoms with Crippen molar-refractivity contribution >= 4 is 11.7 Å². The molecule has 0 spiro atoms. The first-order valence-corrected chi connectivity index (χ1v) is 7.67. The first-order valence-electron chi connectivity index (χ1n) is 7.67. The smallest absolute Gasteiger partial charge is 0.356 e. The molecule has 1 N–H and O–H groups in total. The Bertz CT molecular complexity index is 810. The number of rotatable bonds is 4. The Hall–Kier alpha value is -2.81. The van der Waals surface area contributed by atoms with Gasteiger partial charge in [-0.15, -0.1) is 0 Å². The van der Waals surface area contributed by atoms with Crippen LogP contribution in [-0.2, 0) is 6.54 Å². The van der Waals surface area contributed by atoms with E-state index in [1.807, 2.05) is 12.1 Å². The van der Waals surface area contributed by atoms with Gasteiger partial charge in [-0.3, -0.25) is 0 Å². The van der Waals surface area contributed by atoms with Gasteiger partial charge in [0.2, 0.25) is 0 Å². The number of carbonyl (C=O) groups is 1. The van der Waals surface area contributed by atoms with Crippen LogP contribution < -0.4 is 4.90 Å². The van der Waals surface area contributed by atoms with Crippen molar-refractivity contribution < 1.29 is 9.90 Å². The van der Waals surface area contributed by atoms with Gasteiger partial charge in [0.25, 0.3) is 0 Å². The van der Waals surface area contributed by atoms with Gasteiger partial charge < -0.3 is 14.6 Å². The molecule has 2 fully saturated rings. The number of anilines is 1. The predicted molar refractivity (Wildman–Crippen MR) is 83.3 cm³/mol. The Morgan fingerprint density at radius 1 is 1.39 bits per heavy atom. The molecule has 2 heterocycles. The monoisotopic (exact) mass is 308 g/mol. The number of aromatic carboxylic acids is 1. The zero-order valence-electron chi connectivity index (χ0n) is 12.5. The van der Waals surface area contributed by atoms with Crippen LogP contribution in [0.25, 0.3) is 0 Å². The van der Waals surface area contributed by atoms with Crippen molar-refractivity contribution in [2.24, 2.45) is 11.8 Å². The first kappa shape index (κ1) is 13.8. The molecule has 4 rings (SSSR count). The van der Waals surface area contributed by atoms with Crippen molar-refractivity contribution in [1.82, 2.24) is 9.55 Å². The fourth-order valence-electron chi connectivity index (χ4n) is 3.37. The van der Waals surface area contributed by atoms with Crippen molar-refractivity contribution in [2.45, 2.75) is 13.0 Å². The van der Waals surface area contributed by atoms with Crippen molar-refractivity contribution in [1.29, 1.82) is 5.26 Å². The highest BCUT2D eigenvalue weighted by molar-refractivity contribution is 5.84. The molecule has 1 aliphatic carbocycles. The largest absolute Gasteiger partial charge is 0.476 e. The lowest BCUT2D eigenvalue weighted by Gasteiger charge is -2.21. The van der Waals surface area contributed by atoms with Crippen molar-refractivity contribution in [3.05, 3.63) is 47.5 Å². The number of carboxylic acid groups (broad SMARTS) is 1. The van der Waals surface area contributed by atoms with Crippen molar-refractivity contribution in [3.8, 4) is 6.07 Å². The summed E-state index contributed by atoms with van der Waals surface area (Å²) in [6.07, 6.45) is 4.31. The molecule has 6 heteroatoms. The third kappa shape index (κ3) is 2.55. The van der Waals surface area contributed by atoms with E-state index in [1.165, 1.54) is 18.9 Å². The van der Waals surface area contributed by atoms with Crippen LogP contribution in [0.4, 0.5) is 5.69 Å². The maximum Gasteiger partial charge on any atom is 0.356 e. The SMILES string of the molecule is N#Cc1cc(N2CC3CC3C2)ccc1Cn1cnc(C(=O)O)c1. The van der Waals surface area contributed by atoms with Gasteiger partial charge in [-0.2, -0.15) is 5.26 Å². The zero-order chi connectivity index (χ0) is 16.0. The lowest BCUT2D eigenvalue weighted by atomic mass is 10.1. The molecule has 2 aliphatic rings. The average molecular weight is 308 g/mol. The number of benzene rings is 1. The molecule has 0 radical (unpaired) electrons. The summed E-state index contributed by atoms with van der Waals surface area (Å²) in [5.74, 6) is 0.647. The van der Waals surface area contributed by atoms with Gasteiger partial charge >= 0.3 is 5.97 Å². The zero-order valence-corrected chi connectivity index (χ0v) is 12.5. The van der Waals surface area contributed by atoms with Gasteiger partial charge in [0.1, 0.15) is 0 Å². The van der Waals surface area contributed by atoms with Crippen LogP contribution in [0, 0.1) is 23.2 Å². The molecule has 23 heavy (non-hydrogen) atoms. The fraction of sp³-hybridized carbons (Fsp3) is 0.353. The molecule has 1 aromatic carbocycles. The number of hydrogen-bond acceptors (Lipinski definition) is 4. The summed E-state index contributed by atoms with van der Waals surface area (Å²) in [5.41, 5.74) is 2.62. The molecule has 116 valence electrons. The summed E-state index contributed by atoms with van der Waals surface area (Å²) in [4.78, 5) is 17.1. The summed E-state index contributed by atoms with van der Waals surface area (Å²) in [7, 11) is 0. The number of carboxylic acids is 1. The van der Waals surface area contributed by atoms with Crippen molar-refractivity contribution in [2.75, 3.05) is 18.0 Å². The number of nitriles is 1. The topological polar surface area (TPSA) is 82.2 Å². The highest BCUT2D eigenvalue weighted by Gasteiger charge is 2.45. The number of piperidine rings is 1. The van der Waals surface area contributed by atoms with Gasteiger partial charge in [-0.05, 0) is 36.0 Å². The molecule has 1 aromatic heterocycles. The van der Waals surface area contributed by atoms with Crippen LogP contribution in [0.1, 0.15) is 28.0 Å². The lowest BCUT2D eigenvalue weighted by molar-refractivity contribution is 0.0691. The summed E-state index contributed by atoms with van der Waals surface area (Å²) in [6.45, 7) is 2.63. The van der Waals surface area contributed by atoms with Crippen LogP contribution in [0.15, 0.2) is 30.7 Å². The van der Waals surface area contributed by atoms with E-state index in [0.717, 1.165) is 36.2 Å². The van der Waals surface area contributed by atoms with Crippen LogP contribution >= 0.6 is 0 Å². The molecule has 0 bridgehead atoms. The van der Waals surface area contributed by atoms with Gasteiger partial charge in [0.05, 0.1) is 18.0 Å². The molecule has 1 aliphatic heterocycles. The molecule has 1 saturated heterocycles. The predicted octanol–water partition coefficient (Wildman–Crippen LogP) is 1.96. The van der Waals surface area contributed by atoms with E-state index in [0.29, 0.717) is 12.1 Å². The van der Waals surface area contributed by atoms with E-state index in [-0.39, 0.29) is 5.69 Å². The van der Waals surface area contributed by atoms with Gasteiger partial charge in [-0.25, -0.2) is 9.78 Å². The maximum atomic E-state index is 10.9. The van der Waals surface area contributed by atoms with Gasteiger partial charge in [0, 0.05) is 31.5 Å². The minimum absolute atomic E-state index is 0.0106. The van der Waals surface area contributed by atoms with E-state index in [1.54, 1.807) is 4.57 Å². The van der Waals surface area contributed by atoms with E-state index in [9.17, 15) is 10.1 Å². The van der Waals surface area contributed by atoms with E-state index in [4.69, 9.17) is 5.11 Å². The average Bonchev–Trinajstić information content (AvgIpc) is 2.97. The van der Waals surface area contributed by atoms with Crippen LogP contribution in [0.2, 0.25) is 0 Å². The number of nitrogens with zero attached hydrogens (tertiary/aromatic N) is 4. The molecule has 0 amide bonds.